The van der Waals surface area contributed by atoms with Crippen LogP contribution in [-0.4, -0.2) is 17.6 Å². The van der Waals surface area contributed by atoms with Gasteiger partial charge in [-0.2, -0.15) is 0 Å². The van der Waals surface area contributed by atoms with Crippen molar-refractivity contribution in [3.05, 3.63) is 29.8 Å². The molecule has 1 fully saturated rings. The third-order valence-electron chi connectivity index (χ3n) is 3.61. The molecule has 0 aliphatic heterocycles. The van der Waals surface area contributed by atoms with Gasteiger partial charge in [0, 0.05) is 5.69 Å². The Bertz CT molecular complexity index is 380. The number of carbonyl (C=O) groups excluding carboxylic acids is 1. The fourth-order valence-corrected chi connectivity index (χ4v) is 2.60. The molecule has 1 aliphatic rings. The number of carbonyl (C=O) groups is 1. The van der Waals surface area contributed by atoms with Gasteiger partial charge in [0.05, 0.1) is 13.0 Å². The zero-order chi connectivity index (χ0) is 12.8. The molecule has 1 saturated carbocycles. The predicted octanol–water partition coefficient (Wildman–Crippen LogP) is 3.06. The van der Waals surface area contributed by atoms with Crippen molar-refractivity contribution < 1.29 is 9.90 Å². The second-order valence-corrected chi connectivity index (χ2v) is 4.98. The number of amides is 1. The van der Waals surface area contributed by atoms with Crippen molar-refractivity contribution in [3.8, 4) is 0 Å². The molecule has 98 valence electrons. The molecule has 1 aromatic rings. The van der Waals surface area contributed by atoms with E-state index in [-0.39, 0.29) is 18.9 Å². The molecule has 1 aliphatic carbocycles. The summed E-state index contributed by atoms with van der Waals surface area (Å²) in [6.45, 7) is -0.105. The lowest BCUT2D eigenvalue weighted by molar-refractivity contribution is -0.116. The van der Waals surface area contributed by atoms with Gasteiger partial charge < -0.3 is 10.4 Å². The first kappa shape index (κ1) is 13.1. The summed E-state index contributed by atoms with van der Waals surface area (Å²) in [6.07, 6.45) is 6.77. The first-order valence-electron chi connectivity index (χ1n) is 6.80. The highest BCUT2D eigenvalue weighted by atomic mass is 16.3. The number of benzene rings is 1. The van der Waals surface area contributed by atoms with Crippen LogP contribution in [0, 0.1) is 0 Å². The Labute approximate surface area is 108 Å². The summed E-state index contributed by atoms with van der Waals surface area (Å²) in [5.74, 6) is 0.559. The molecule has 0 heterocycles. The summed E-state index contributed by atoms with van der Waals surface area (Å²) in [5.41, 5.74) is 2.20. The Hall–Kier alpha value is -1.35. The Kier molecular flexibility index (Phi) is 4.76. The Morgan fingerprint density at radius 3 is 2.44 bits per heavy atom. The minimum absolute atomic E-state index is 0.105. The highest BCUT2D eigenvalue weighted by Crippen LogP contribution is 2.32. The van der Waals surface area contributed by atoms with E-state index in [4.69, 9.17) is 5.11 Å². The van der Waals surface area contributed by atoms with E-state index in [2.05, 4.69) is 17.4 Å². The zero-order valence-electron chi connectivity index (χ0n) is 10.7. The Balaban J connectivity index is 1.94. The maximum absolute atomic E-state index is 11.3. The van der Waals surface area contributed by atoms with Crippen molar-refractivity contribution >= 4 is 11.6 Å². The van der Waals surface area contributed by atoms with E-state index in [1.54, 1.807) is 0 Å². The fourth-order valence-electron chi connectivity index (χ4n) is 2.60. The van der Waals surface area contributed by atoms with Crippen molar-refractivity contribution in [2.24, 2.45) is 0 Å². The molecule has 1 aromatic carbocycles. The summed E-state index contributed by atoms with van der Waals surface area (Å²) in [4.78, 5) is 11.3. The Morgan fingerprint density at radius 2 is 1.83 bits per heavy atom. The molecule has 3 heteroatoms. The van der Waals surface area contributed by atoms with Crippen molar-refractivity contribution in [2.75, 3.05) is 11.9 Å². The number of hydrogen-bond acceptors (Lipinski definition) is 2. The first-order chi connectivity index (χ1) is 8.79. The lowest BCUT2D eigenvalue weighted by Gasteiger charge is -2.22. The lowest BCUT2D eigenvalue weighted by atomic mass is 9.84. The van der Waals surface area contributed by atoms with E-state index in [0.29, 0.717) is 5.92 Å². The molecular formula is C15H21NO2. The van der Waals surface area contributed by atoms with E-state index in [0.717, 1.165) is 5.69 Å². The molecule has 0 unspecified atom stereocenters. The molecule has 2 rings (SSSR count). The molecule has 3 nitrogen and oxygen atoms in total. The first-order valence-corrected chi connectivity index (χ1v) is 6.80. The van der Waals surface area contributed by atoms with E-state index in [9.17, 15) is 4.79 Å². The topological polar surface area (TPSA) is 49.3 Å². The molecule has 18 heavy (non-hydrogen) atoms. The van der Waals surface area contributed by atoms with E-state index in [1.165, 1.54) is 37.7 Å². The van der Waals surface area contributed by atoms with Gasteiger partial charge in [-0.1, -0.05) is 31.4 Å². The van der Waals surface area contributed by atoms with Gasteiger partial charge in [-0.25, -0.2) is 0 Å². The van der Waals surface area contributed by atoms with Crippen LogP contribution in [0.25, 0.3) is 0 Å². The molecule has 0 atom stereocenters. The summed E-state index contributed by atoms with van der Waals surface area (Å²) in [7, 11) is 0. The third-order valence-corrected chi connectivity index (χ3v) is 3.61. The quantitative estimate of drug-likeness (QED) is 0.859. The van der Waals surface area contributed by atoms with E-state index >= 15 is 0 Å². The molecular weight excluding hydrogens is 226 g/mol. The minimum Gasteiger partial charge on any atom is -0.396 e. The number of anilines is 1. The molecule has 2 N–H and O–H groups in total. The van der Waals surface area contributed by atoms with Crippen LogP contribution in [0.5, 0.6) is 0 Å². The smallest absolute Gasteiger partial charge is 0.226 e. The molecule has 0 saturated heterocycles. The normalized spacial score (nSPS) is 16.5. The third kappa shape index (κ3) is 3.57. The lowest BCUT2D eigenvalue weighted by Crippen LogP contribution is -2.12. The number of aliphatic hydroxyl groups excluding tert-OH is 1. The van der Waals surface area contributed by atoms with Gasteiger partial charge in [-0.3, -0.25) is 4.79 Å². The summed E-state index contributed by atoms with van der Waals surface area (Å²) < 4.78 is 0. The summed E-state index contributed by atoms with van der Waals surface area (Å²) in [5, 5.41) is 11.4. The maximum atomic E-state index is 11.3. The zero-order valence-corrected chi connectivity index (χ0v) is 10.7. The largest absolute Gasteiger partial charge is 0.396 e. The Morgan fingerprint density at radius 1 is 1.17 bits per heavy atom. The predicted molar refractivity (Wildman–Crippen MR) is 72.6 cm³/mol. The molecule has 0 spiro atoms. The van der Waals surface area contributed by atoms with Gasteiger partial charge in [0.15, 0.2) is 0 Å². The maximum Gasteiger partial charge on any atom is 0.226 e. The number of aliphatic hydroxyl groups is 1. The molecule has 0 aromatic heterocycles. The van der Waals surface area contributed by atoms with Crippen LogP contribution in [0.2, 0.25) is 0 Å². The van der Waals surface area contributed by atoms with Gasteiger partial charge in [0.25, 0.3) is 0 Å². The van der Waals surface area contributed by atoms with Crippen molar-refractivity contribution in [1.82, 2.24) is 0 Å². The SMILES string of the molecule is O=C(CCO)Nc1ccc(C2CCCCC2)cc1. The van der Waals surface area contributed by atoms with Crippen LogP contribution < -0.4 is 5.32 Å². The van der Waals surface area contributed by atoms with Gasteiger partial charge in [0.1, 0.15) is 0 Å². The highest BCUT2D eigenvalue weighted by Gasteiger charge is 2.15. The summed E-state index contributed by atoms with van der Waals surface area (Å²) >= 11 is 0. The monoisotopic (exact) mass is 247 g/mol. The average molecular weight is 247 g/mol. The van der Waals surface area contributed by atoms with Gasteiger partial charge in [-0.15, -0.1) is 0 Å². The minimum atomic E-state index is -0.136. The van der Waals surface area contributed by atoms with Gasteiger partial charge in [0.2, 0.25) is 5.91 Å². The van der Waals surface area contributed by atoms with E-state index in [1.807, 2.05) is 12.1 Å². The van der Waals surface area contributed by atoms with Crippen molar-refractivity contribution in [3.63, 3.8) is 0 Å². The standard InChI is InChI=1S/C15H21NO2/c17-11-10-15(18)16-14-8-6-13(7-9-14)12-4-2-1-3-5-12/h6-9,12,17H,1-5,10-11H2,(H,16,18). The fraction of sp³-hybridized carbons (Fsp3) is 0.533. The molecule has 0 radical (unpaired) electrons. The molecule has 1 amide bonds. The second-order valence-electron chi connectivity index (χ2n) is 4.98. The van der Waals surface area contributed by atoms with Crippen LogP contribution in [0.1, 0.15) is 50.0 Å². The van der Waals surface area contributed by atoms with E-state index < -0.39 is 0 Å². The second kappa shape index (κ2) is 6.55. The number of nitrogens with one attached hydrogen (secondary N) is 1. The van der Waals surface area contributed by atoms with Gasteiger partial charge >= 0.3 is 0 Å². The van der Waals surface area contributed by atoms with Crippen LogP contribution in [-0.2, 0) is 4.79 Å². The summed E-state index contributed by atoms with van der Waals surface area (Å²) in [6, 6.07) is 8.15. The van der Waals surface area contributed by atoms with Crippen LogP contribution in [0.15, 0.2) is 24.3 Å². The van der Waals surface area contributed by atoms with Gasteiger partial charge in [-0.05, 0) is 36.5 Å². The van der Waals surface area contributed by atoms with Crippen molar-refractivity contribution in [2.45, 2.75) is 44.4 Å². The van der Waals surface area contributed by atoms with Crippen LogP contribution in [0.4, 0.5) is 5.69 Å². The number of rotatable bonds is 4. The van der Waals surface area contributed by atoms with Crippen LogP contribution in [0.3, 0.4) is 0 Å². The number of hydrogen-bond donors (Lipinski definition) is 2. The molecule has 0 bridgehead atoms. The van der Waals surface area contributed by atoms with Crippen LogP contribution >= 0.6 is 0 Å². The highest BCUT2D eigenvalue weighted by molar-refractivity contribution is 5.90. The van der Waals surface area contributed by atoms with Crippen molar-refractivity contribution in [1.29, 1.82) is 0 Å². The average Bonchev–Trinajstić information content (AvgIpc) is 2.41.